The standard InChI is InChI=1S/C18H23N5O/c1-13-6-8-16(9-7-13)23-14(2)12-17(21-23)20-15(3)18(24)22(4)11-5-10-19/h6-9,12,15H,5,11H2,1-4H3,(H,20,21)/t15-/m0/s1. The van der Waals surface area contributed by atoms with E-state index in [9.17, 15) is 4.79 Å². The summed E-state index contributed by atoms with van der Waals surface area (Å²) in [7, 11) is 1.70. The molecule has 2 aromatic rings. The van der Waals surface area contributed by atoms with Gasteiger partial charge < -0.3 is 10.2 Å². The highest BCUT2D eigenvalue weighted by molar-refractivity contribution is 5.83. The first-order chi connectivity index (χ1) is 11.4. The Morgan fingerprint density at radius 2 is 2.04 bits per heavy atom. The van der Waals surface area contributed by atoms with Crippen molar-refractivity contribution in [2.75, 3.05) is 18.9 Å². The first-order valence-corrected chi connectivity index (χ1v) is 7.94. The predicted molar refractivity (Wildman–Crippen MR) is 94.0 cm³/mol. The van der Waals surface area contributed by atoms with Crippen molar-refractivity contribution in [3.8, 4) is 11.8 Å². The molecule has 1 aromatic heterocycles. The third-order valence-corrected chi connectivity index (χ3v) is 3.84. The van der Waals surface area contributed by atoms with E-state index in [0.717, 1.165) is 11.4 Å². The van der Waals surface area contributed by atoms with Gasteiger partial charge >= 0.3 is 0 Å². The van der Waals surface area contributed by atoms with Crippen LogP contribution in [0.25, 0.3) is 5.69 Å². The van der Waals surface area contributed by atoms with Crippen LogP contribution in [0.3, 0.4) is 0 Å². The van der Waals surface area contributed by atoms with E-state index < -0.39 is 6.04 Å². The highest BCUT2D eigenvalue weighted by atomic mass is 16.2. The van der Waals surface area contributed by atoms with Crippen LogP contribution in [0.1, 0.15) is 24.6 Å². The van der Waals surface area contributed by atoms with Crippen LogP contribution in [0.2, 0.25) is 0 Å². The van der Waals surface area contributed by atoms with Crippen molar-refractivity contribution in [1.82, 2.24) is 14.7 Å². The number of rotatable bonds is 6. The molecular weight excluding hydrogens is 302 g/mol. The van der Waals surface area contributed by atoms with E-state index in [1.165, 1.54) is 5.56 Å². The maximum atomic E-state index is 12.3. The molecule has 1 amide bonds. The summed E-state index contributed by atoms with van der Waals surface area (Å²) in [5.74, 6) is 0.593. The summed E-state index contributed by atoms with van der Waals surface area (Å²) in [5, 5.41) is 16.3. The number of likely N-dealkylation sites (N-methyl/N-ethyl adjacent to an activating group) is 1. The lowest BCUT2D eigenvalue weighted by Gasteiger charge is -2.20. The van der Waals surface area contributed by atoms with Gasteiger partial charge in [-0.3, -0.25) is 4.79 Å². The van der Waals surface area contributed by atoms with Crippen LogP contribution in [-0.4, -0.2) is 40.2 Å². The van der Waals surface area contributed by atoms with E-state index in [1.807, 2.05) is 54.9 Å². The summed E-state index contributed by atoms with van der Waals surface area (Å²) in [6.45, 7) is 6.25. The number of anilines is 1. The van der Waals surface area contributed by atoms with Gasteiger partial charge in [-0.2, -0.15) is 10.4 Å². The second-order valence-electron chi connectivity index (χ2n) is 5.95. The van der Waals surface area contributed by atoms with Crippen LogP contribution in [-0.2, 0) is 4.79 Å². The molecule has 1 atom stereocenters. The van der Waals surface area contributed by atoms with Crippen LogP contribution in [0, 0.1) is 25.2 Å². The van der Waals surface area contributed by atoms with Crippen molar-refractivity contribution in [3.63, 3.8) is 0 Å². The highest BCUT2D eigenvalue weighted by Gasteiger charge is 2.18. The van der Waals surface area contributed by atoms with E-state index in [0.29, 0.717) is 18.8 Å². The second-order valence-corrected chi connectivity index (χ2v) is 5.95. The number of nitrogens with zero attached hydrogens (tertiary/aromatic N) is 4. The number of nitrogens with one attached hydrogen (secondary N) is 1. The molecule has 0 radical (unpaired) electrons. The molecule has 1 heterocycles. The lowest BCUT2D eigenvalue weighted by Crippen LogP contribution is -2.39. The second kappa shape index (κ2) is 7.64. The van der Waals surface area contributed by atoms with Crippen molar-refractivity contribution in [2.45, 2.75) is 33.2 Å². The first kappa shape index (κ1) is 17.5. The average molecular weight is 325 g/mol. The molecule has 6 heteroatoms. The monoisotopic (exact) mass is 325 g/mol. The summed E-state index contributed by atoms with van der Waals surface area (Å²) < 4.78 is 1.85. The van der Waals surface area contributed by atoms with Crippen molar-refractivity contribution >= 4 is 11.7 Å². The first-order valence-electron chi connectivity index (χ1n) is 7.94. The Balaban J connectivity index is 2.08. The highest BCUT2D eigenvalue weighted by Crippen LogP contribution is 2.16. The molecular formula is C18H23N5O. The van der Waals surface area contributed by atoms with Crippen LogP contribution in [0.15, 0.2) is 30.3 Å². The fraction of sp³-hybridized carbons (Fsp3) is 0.389. The van der Waals surface area contributed by atoms with Gasteiger partial charge in [0.25, 0.3) is 0 Å². The molecule has 0 unspecified atom stereocenters. The molecule has 24 heavy (non-hydrogen) atoms. The van der Waals surface area contributed by atoms with Crippen LogP contribution >= 0.6 is 0 Å². The molecule has 0 saturated heterocycles. The molecule has 0 saturated carbocycles. The number of benzene rings is 1. The number of carbonyl (C=O) groups excluding carboxylic acids is 1. The van der Waals surface area contributed by atoms with Gasteiger partial charge in [0, 0.05) is 25.4 Å². The summed E-state index contributed by atoms with van der Waals surface area (Å²) in [6, 6.07) is 11.7. The van der Waals surface area contributed by atoms with Gasteiger partial charge in [-0.15, -0.1) is 0 Å². The molecule has 2 rings (SSSR count). The van der Waals surface area contributed by atoms with Gasteiger partial charge in [-0.1, -0.05) is 17.7 Å². The number of carbonyl (C=O) groups is 1. The maximum Gasteiger partial charge on any atom is 0.244 e. The Hall–Kier alpha value is -2.81. The third-order valence-electron chi connectivity index (χ3n) is 3.84. The van der Waals surface area contributed by atoms with E-state index in [-0.39, 0.29) is 5.91 Å². The molecule has 0 spiro atoms. The van der Waals surface area contributed by atoms with Gasteiger partial charge in [-0.05, 0) is 32.9 Å². The zero-order chi connectivity index (χ0) is 17.7. The van der Waals surface area contributed by atoms with Gasteiger partial charge in [-0.25, -0.2) is 4.68 Å². The van der Waals surface area contributed by atoms with Crippen molar-refractivity contribution in [2.24, 2.45) is 0 Å². The molecule has 6 nitrogen and oxygen atoms in total. The Labute approximate surface area is 142 Å². The number of amides is 1. The minimum absolute atomic E-state index is 0.0622. The van der Waals surface area contributed by atoms with Crippen LogP contribution in [0.4, 0.5) is 5.82 Å². The minimum atomic E-state index is -0.408. The number of nitriles is 1. The zero-order valence-electron chi connectivity index (χ0n) is 14.6. The maximum absolute atomic E-state index is 12.3. The van der Waals surface area contributed by atoms with E-state index in [1.54, 1.807) is 18.9 Å². The fourth-order valence-electron chi connectivity index (χ4n) is 2.43. The number of hydrogen-bond acceptors (Lipinski definition) is 4. The summed E-state index contributed by atoms with van der Waals surface area (Å²) in [6.07, 6.45) is 0.329. The predicted octanol–water partition coefficient (Wildman–Crippen LogP) is 2.66. The fourth-order valence-corrected chi connectivity index (χ4v) is 2.43. The molecule has 0 bridgehead atoms. The van der Waals surface area contributed by atoms with Gasteiger partial charge in [0.15, 0.2) is 0 Å². The molecule has 126 valence electrons. The number of aromatic nitrogens is 2. The smallest absolute Gasteiger partial charge is 0.244 e. The normalized spacial score (nSPS) is 11.6. The zero-order valence-corrected chi connectivity index (χ0v) is 14.6. The SMILES string of the molecule is Cc1ccc(-n2nc(N[C@@H](C)C(=O)N(C)CCC#N)cc2C)cc1. The van der Waals surface area contributed by atoms with Gasteiger partial charge in [0.05, 0.1) is 18.2 Å². The summed E-state index contributed by atoms with van der Waals surface area (Å²) in [4.78, 5) is 13.8. The van der Waals surface area contributed by atoms with Crippen molar-refractivity contribution in [1.29, 1.82) is 5.26 Å². The van der Waals surface area contributed by atoms with E-state index in [2.05, 4.69) is 10.4 Å². The van der Waals surface area contributed by atoms with Gasteiger partial charge in [0.2, 0.25) is 5.91 Å². The minimum Gasteiger partial charge on any atom is -0.357 e. The van der Waals surface area contributed by atoms with Crippen LogP contribution < -0.4 is 5.32 Å². The van der Waals surface area contributed by atoms with Crippen LogP contribution in [0.5, 0.6) is 0 Å². The van der Waals surface area contributed by atoms with E-state index in [4.69, 9.17) is 5.26 Å². The molecule has 1 N–H and O–H groups in total. The number of aryl methyl sites for hydroxylation is 2. The largest absolute Gasteiger partial charge is 0.357 e. The van der Waals surface area contributed by atoms with Crippen molar-refractivity contribution in [3.05, 3.63) is 41.6 Å². The summed E-state index contributed by atoms with van der Waals surface area (Å²) in [5.41, 5.74) is 3.16. The molecule has 0 aliphatic carbocycles. The summed E-state index contributed by atoms with van der Waals surface area (Å²) >= 11 is 0. The Morgan fingerprint density at radius 3 is 2.67 bits per heavy atom. The quantitative estimate of drug-likeness (QED) is 0.886. The van der Waals surface area contributed by atoms with Gasteiger partial charge in [0.1, 0.15) is 11.9 Å². The molecule has 1 aromatic carbocycles. The third kappa shape index (κ3) is 4.13. The lowest BCUT2D eigenvalue weighted by molar-refractivity contribution is -0.130. The van der Waals surface area contributed by atoms with Crippen molar-refractivity contribution < 1.29 is 4.79 Å². The van der Waals surface area contributed by atoms with E-state index >= 15 is 0 Å². The Bertz CT molecular complexity index is 742. The topological polar surface area (TPSA) is 74.0 Å². The number of hydrogen-bond donors (Lipinski definition) is 1. The Morgan fingerprint density at radius 1 is 1.38 bits per heavy atom. The Kier molecular flexibility index (Phi) is 5.59. The molecule has 0 aliphatic heterocycles. The molecule has 0 fully saturated rings. The molecule has 0 aliphatic rings. The average Bonchev–Trinajstić information content (AvgIpc) is 2.92. The lowest BCUT2D eigenvalue weighted by atomic mass is 10.2.